The molecule has 2 saturated heterocycles. The van der Waals surface area contributed by atoms with Crippen molar-refractivity contribution in [3.8, 4) is 0 Å². The van der Waals surface area contributed by atoms with Gasteiger partial charge >= 0.3 is 0 Å². The Kier molecular flexibility index (Phi) is 6.73. The number of thioether (sulfide) groups is 1. The molecular weight excluding hydrogens is 460 g/mol. The number of carbonyl (C=O) groups excluding carboxylic acids is 3. The number of hydrogen-bond donors (Lipinski definition) is 1. The van der Waals surface area contributed by atoms with E-state index in [2.05, 4.69) is 42.3 Å². The highest BCUT2D eigenvalue weighted by atomic mass is 32.2. The first-order valence-electron chi connectivity index (χ1n) is 12.4. The Labute approximate surface area is 210 Å². The van der Waals surface area contributed by atoms with Crippen LogP contribution in [0.25, 0.3) is 0 Å². The molecule has 3 heterocycles. The Morgan fingerprint density at radius 3 is 2.29 bits per heavy atom. The molecule has 0 unspecified atom stereocenters. The average Bonchev–Trinajstić information content (AvgIpc) is 2.89. The highest BCUT2D eigenvalue weighted by Gasteiger charge is 2.38. The number of piperidine rings is 1. The fourth-order valence-corrected chi connectivity index (χ4v) is 6.30. The fourth-order valence-electron chi connectivity index (χ4n) is 5.23. The zero-order valence-electron chi connectivity index (χ0n) is 20.3. The van der Waals surface area contributed by atoms with Crippen molar-refractivity contribution in [2.24, 2.45) is 5.92 Å². The van der Waals surface area contributed by atoms with E-state index in [4.69, 9.17) is 0 Å². The molecule has 3 aliphatic heterocycles. The number of fused-ring (bicyclic) bond motifs is 1. The van der Waals surface area contributed by atoms with Crippen LogP contribution in [0.5, 0.6) is 0 Å². The van der Waals surface area contributed by atoms with Crippen molar-refractivity contribution in [3.63, 3.8) is 0 Å². The van der Waals surface area contributed by atoms with Gasteiger partial charge in [0, 0.05) is 55.8 Å². The van der Waals surface area contributed by atoms with Crippen LogP contribution in [-0.4, -0.2) is 72.0 Å². The van der Waals surface area contributed by atoms with Crippen LogP contribution >= 0.6 is 11.8 Å². The molecule has 0 bridgehead atoms. The molecule has 1 atom stereocenters. The Bertz CT molecular complexity index is 1140. The Morgan fingerprint density at radius 2 is 1.54 bits per heavy atom. The topological polar surface area (TPSA) is 73.0 Å². The van der Waals surface area contributed by atoms with Crippen LogP contribution in [0.1, 0.15) is 24.0 Å². The molecule has 2 aromatic carbocycles. The van der Waals surface area contributed by atoms with Gasteiger partial charge in [0.2, 0.25) is 17.7 Å². The lowest BCUT2D eigenvalue weighted by Gasteiger charge is -2.40. The summed E-state index contributed by atoms with van der Waals surface area (Å²) in [5.74, 6) is -0.273. The van der Waals surface area contributed by atoms with E-state index in [1.165, 1.54) is 28.6 Å². The molecule has 2 aromatic rings. The number of rotatable bonds is 3. The van der Waals surface area contributed by atoms with E-state index < -0.39 is 5.25 Å². The zero-order chi connectivity index (χ0) is 24.5. The summed E-state index contributed by atoms with van der Waals surface area (Å²) in [5, 5.41) is 2.08. The third-order valence-corrected chi connectivity index (χ3v) is 8.78. The molecule has 0 aromatic heterocycles. The van der Waals surface area contributed by atoms with Gasteiger partial charge in [0.1, 0.15) is 0 Å². The van der Waals surface area contributed by atoms with E-state index in [1.54, 1.807) is 4.90 Å². The van der Waals surface area contributed by atoms with Gasteiger partial charge < -0.3 is 20.0 Å². The maximum absolute atomic E-state index is 13.2. The number of benzene rings is 2. The second-order valence-electron chi connectivity index (χ2n) is 9.61. The van der Waals surface area contributed by atoms with E-state index in [-0.39, 0.29) is 23.6 Å². The zero-order valence-corrected chi connectivity index (χ0v) is 21.1. The predicted octanol–water partition coefficient (Wildman–Crippen LogP) is 3.30. The first-order valence-corrected chi connectivity index (χ1v) is 13.3. The number of nitrogens with one attached hydrogen (secondary N) is 1. The van der Waals surface area contributed by atoms with E-state index in [9.17, 15) is 14.4 Å². The minimum atomic E-state index is -0.768. The van der Waals surface area contributed by atoms with Crippen LogP contribution in [0.3, 0.4) is 0 Å². The summed E-state index contributed by atoms with van der Waals surface area (Å²) < 4.78 is 0. The molecule has 5 rings (SSSR count). The van der Waals surface area contributed by atoms with Crippen molar-refractivity contribution in [1.82, 2.24) is 9.80 Å². The second-order valence-corrected chi connectivity index (χ2v) is 10.8. The molecule has 1 N–H and O–H groups in total. The number of nitrogens with zero attached hydrogens (tertiary/aromatic N) is 3. The van der Waals surface area contributed by atoms with Crippen molar-refractivity contribution < 1.29 is 14.4 Å². The smallest absolute Gasteiger partial charge is 0.247 e. The molecular formula is C27H32N4O3S. The number of likely N-dealkylation sites (tertiary alicyclic amines) is 1. The molecule has 3 aliphatic rings. The average molecular weight is 493 g/mol. The molecule has 7 nitrogen and oxygen atoms in total. The van der Waals surface area contributed by atoms with Crippen LogP contribution in [0.4, 0.5) is 11.4 Å². The van der Waals surface area contributed by atoms with E-state index in [1.807, 2.05) is 29.2 Å². The summed E-state index contributed by atoms with van der Waals surface area (Å²) in [5.41, 5.74) is 4.61. The summed E-state index contributed by atoms with van der Waals surface area (Å²) in [6.45, 7) is 8.45. The first-order chi connectivity index (χ1) is 16.9. The lowest BCUT2D eigenvalue weighted by molar-refractivity contribution is -0.141. The molecule has 0 aliphatic carbocycles. The summed E-state index contributed by atoms with van der Waals surface area (Å²) in [4.78, 5) is 45.9. The first kappa shape index (κ1) is 23.7. The third-order valence-electron chi connectivity index (χ3n) is 7.52. The van der Waals surface area contributed by atoms with Gasteiger partial charge in [-0.05, 0) is 56.0 Å². The molecule has 35 heavy (non-hydrogen) atoms. The van der Waals surface area contributed by atoms with E-state index in [0.717, 1.165) is 36.8 Å². The standard InChI is InChI=1S/C27H32N4O3S/c1-18-6-5-8-22(19(18)2)29-14-16-31(17-15-29)26(33)20-10-12-30(13-11-20)27(34)24-25(32)28-21-7-3-4-9-23(21)35-24/h3-9,20,24H,10-17H2,1-2H3,(H,28,32)/t24-/m1/s1. The SMILES string of the molecule is Cc1cccc(N2CCN(C(=O)C3CCN(C(=O)[C@@H]4Sc5ccccc5NC4=O)CC3)CC2)c1C. The van der Waals surface area contributed by atoms with Crippen LogP contribution in [0, 0.1) is 19.8 Å². The maximum Gasteiger partial charge on any atom is 0.247 e. The Morgan fingerprint density at radius 1 is 0.857 bits per heavy atom. The molecule has 2 fully saturated rings. The maximum atomic E-state index is 13.2. The molecule has 0 saturated carbocycles. The largest absolute Gasteiger partial charge is 0.368 e. The normalized spacial score (nSPS) is 20.9. The van der Waals surface area contributed by atoms with Crippen LogP contribution < -0.4 is 10.2 Å². The van der Waals surface area contributed by atoms with Gasteiger partial charge in [-0.15, -0.1) is 11.8 Å². The quantitative estimate of drug-likeness (QED) is 0.666. The highest BCUT2D eigenvalue weighted by Crippen LogP contribution is 2.36. The predicted molar refractivity (Wildman–Crippen MR) is 139 cm³/mol. The number of piperazine rings is 1. The molecule has 8 heteroatoms. The number of aryl methyl sites for hydroxylation is 1. The van der Waals surface area contributed by atoms with Gasteiger partial charge in [0.05, 0.1) is 5.69 Å². The van der Waals surface area contributed by atoms with Gasteiger partial charge in [-0.2, -0.15) is 0 Å². The Hall–Kier alpha value is -3.00. The monoisotopic (exact) mass is 492 g/mol. The van der Waals surface area contributed by atoms with E-state index >= 15 is 0 Å². The lowest BCUT2D eigenvalue weighted by Crippen LogP contribution is -2.53. The number of anilines is 2. The molecule has 0 radical (unpaired) electrons. The number of para-hydroxylation sites is 1. The fraction of sp³-hybridized carbons (Fsp3) is 0.444. The molecule has 184 valence electrons. The summed E-state index contributed by atoms with van der Waals surface area (Å²) >= 11 is 1.31. The minimum absolute atomic E-state index is 0.0557. The van der Waals surface area contributed by atoms with Crippen molar-refractivity contribution in [3.05, 3.63) is 53.6 Å². The second kappa shape index (κ2) is 9.93. The summed E-state index contributed by atoms with van der Waals surface area (Å²) in [6.07, 6.45) is 1.30. The molecule has 0 spiro atoms. The van der Waals surface area contributed by atoms with Gasteiger partial charge in [-0.3, -0.25) is 14.4 Å². The van der Waals surface area contributed by atoms with Gasteiger partial charge in [-0.25, -0.2) is 0 Å². The van der Waals surface area contributed by atoms with Crippen molar-refractivity contribution in [1.29, 1.82) is 0 Å². The highest BCUT2D eigenvalue weighted by molar-refractivity contribution is 8.01. The van der Waals surface area contributed by atoms with Crippen LogP contribution in [0.2, 0.25) is 0 Å². The number of hydrogen-bond acceptors (Lipinski definition) is 5. The number of amides is 3. The third kappa shape index (κ3) is 4.76. The van der Waals surface area contributed by atoms with Crippen molar-refractivity contribution in [2.75, 3.05) is 49.5 Å². The van der Waals surface area contributed by atoms with Gasteiger partial charge in [0.15, 0.2) is 5.25 Å². The van der Waals surface area contributed by atoms with Crippen LogP contribution in [0.15, 0.2) is 47.4 Å². The summed E-state index contributed by atoms with van der Waals surface area (Å²) in [6, 6.07) is 13.9. The Balaban J connectivity index is 1.13. The van der Waals surface area contributed by atoms with Gasteiger partial charge in [0.25, 0.3) is 0 Å². The van der Waals surface area contributed by atoms with Crippen molar-refractivity contribution >= 4 is 40.9 Å². The minimum Gasteiger partial charge on any atom is -0.368 e. The van der Waals surface area contributed by atoms with E-state index in [0.29, 0.717) is 25.9 Å². The van der Waals surface area contributed by atoms with Gasteiger partial charge in [-0.1, -0.05) is 24.3 Å². The molecule has 3 amide bonds. The van der Waals surface area contributed by atoms with Crippen LogP contribution in [-0.2, 0) is 14.4 Å². The summed E-state index contributed by atoms with van der Waals surface area (Å²) in [7, 11) is 0. The van der Waals surface area contributed by atoms with Crippen molar-refractivity contribution in [2.45, 2.75) is 36.8 Å². The number of carbonyl (C=O) groups is 3. The lowest BCUT2D eigenvalue weighted by atomic mass is 9.94.